The molecule has 4 heteroatoms. The number of amides is 1. The van der Waals surface area contributed by atoms with Crippen molar-refractivity contribution in [3.8, 4) is 0 Å². The van der Waals surface area contributed by atoms with E-state index in [-0.39, 0.29) is 5.91 Å². The van der Waals surface area contributed by atoms with Crippen LogP contribution in [0.3, 0.4) is 0 Å². The Morgan fingerprint density at radius 2 is 1.95 bits per heavy atom. The lowest BCUT2D eigenvalue weighted by Gasteiger charge is -2.10. The molecule has 1 amide bonds. The maximum atomic E-state index is 12.1. The van der Waals surface area contributed by atoms with Crippen LogP contribution >= 0.6 is 15.9 Å². The minimum absolute atomic E-state index is 0.146. The van der Waals surface area contributed by atoms with Gasteiger partial charge in [-0.2, -0.15) is 0 Å². The lowest BCUT2D eigenvalue weighted by Crippen LogP contribution is -2.12. The lowest BCUT2D eigenvalue weighted by molar-refractivity contribution is 0.102. The van der Waals surface area contributed by atoms with Gasteiger partial charge in [0.2, 0.25) is 0 Å². The summed E-state index contributed by atoms with van der Waals surface area (Å²) in [6.45, 7) is 3.88. The highest BCUT2D eigenvalue weighted by molar-refractivity contribution is 9.10. The van der Waals surface area contributed by atoms with Crippen LogP contribution in [0.4, 0.5) is 11.4 Å². The molecular weight excluding hydrogens is 304 g/mol. The zero-order valence-corrected chi connectivity index (χ0v) is 12.4. The fourth-order valence-electron chi connectivity index (χ4n) is 1.77. The number of nitrogens with one attached hydrogen (secondary N) is 1. The molecule has 0 aliphatic rings. The quantitative estimate of drug-likeness (QED) is 0.825. The van der Waals surface area contributed by atoms with Gasteiger partial charge in [0.15, 0.2) is 0 Å². The predicted molar refractivity (Wildman–Crippen MR) is 82.4 cm³/mol. The molecule has 0 aromatic heterocycles. The second kappa shape index (κ2) is 5.45. The minimum Gasteiger partial charge on any atom is -0.398 e. The van der Waals surface area contributed by atoms with Crippen molar-refractivity contribution in [2.45, 2.75) is 13.8 Å². The number of hydrogen-bond acceptors (Lipinski definition) is 2. The van der Waals surface area contributed by atoms with Gasteiger partial charge in [-0.3, -0.25) is 4.79 Å². The van der Waals surface area contributed by atoms with Crippen molar-refractivity contribution in [3.05, 3.63) is 57.6 Å². The maximum Gasteiger partial charge on any atom is 0.255 e. The third kappa shape index (κ3) is 3.15. The zero-order valence-electron chi connectivity index (χ0n) is 10.8. The van der Waals surface area contributed by atoms with Crippen LogP contribution < -0.4 is 11.1 Å². The maximum absolute atomic E-state index is 12.1. The largest absolute Gasteiger partial charge is 0.398 e. The standard InChI is InChI=1S/C15H15BrN2O/c1-9-4-3-5-11(6-9)15(19)18-14-8-13(17)10(2)7-12(14)16/h3-8H,17H2,1-2H3,(H,18,19). The Hall–Kier alpha value is -1.81. The average molecular weight is 319 g/mol. The third-order valence-corrected chi connectivity index (χ3v) is 3.54. The topological polar surface area (TPSA) is 55.1 Å². The molecule has 0 atom stereocenters. The Labute approximate surface area is 121 Å². The number of carbonyl (C=O) groups excluding carboxylic acids is 1. The molecular formula is C15H15BrN2O. The second-order valence-corrected chi connectivity index (χ2v) is 5.37. The molecule has 0 saturated carbocycles. The fourth-order valence-corrected chi connectivity index (χ4v) is 2.32. The van der Waals surface area contributed by atoms with Gasteiger partial charge in [-0.05, 0) is 59.6 Å². The van der Waals surface area contributed by atoms with Crippen LogP contribution in [0.5, 0.6) is 0 Å². The molecule has 0 fully saturated rings. The van der Waals surface area contributed by atoms with Crippen LogP contribution in [0.25, 0.3) is 0 Å². The van der Waals surface area contributed by atoms with Gasteiger partial charge < -0.3 is 11.1 Å². The average Bonchev–Trinajstić information content (AvgIpc) is 2.36. The first-order valence-electron chi connectivity index (χ1n) is 5.91. The van der Waals surface area contributed by atoms with E-state index in [1.165, 1.54) is 0 Å². The van der Waals surface area contributed by atoms with Gasteiger partial charge in [0, 0.05) is 15.7 Å². The van der Waals surface area contributed by atoms with Gasteiger partial charge >= 0.3 is 0 Å². The van der Waals surface area contributed by atoms with Crippen molar-refractivity contribution < 1.29 is 4.79 Å². The first-order valence-corrected chi connectivity index (χ1v) is 6.70. The zero-order chi connectivity index (χ0) is 14.0. The molecule has 19 heavy (non-hydrogen) atoms. The van der Waals surface area contributed by atoms with Gasteiger partial charge in [-0.15, -0.1) is 0 Å². The molecule has 2 aromatic rings. The number of carbonyl (C=O) groups is 1. The van der Waals surface area contributed by atoms with Crippen molar-refractivity contribution in [3.63, 3.8) is 0 Å². The van der Waals surface area contributed by atoms with Crippen LogP contribution in [0.1, 0.15) is 21.5 Å². The van der Waals surface area contributed by atoms with E-state index in [0.717, 1.165) is 15.6 Å². The minimum atomic E-state index is -0.146. The molecule has 0 radical (unpaired) electrons. The molecule has 2 aromatic carbocycles. The first kappa shape index (κ1) is 13.6. The van der Waals surface area contributed by atoms with Crippen molar-refractivity contribution in [2.75, 3.05) is 11.1 Å². The Morgan fingerprint density at radius 3 is 2.63 bits per heavy atom. The van der Waals surface area contributed by atoms with E-state index >= 15 is 0 Å². The molecule has 0 bridgehead atoms. The van der Waals surface area contributed by atoms with Crippen LogP contribution in [0.15, 0.2) is 40.9 Å². The molecule has 0 spiro atoms. The van der Waals surface area contributed by atoms with Gasteiger partial charge in [0.1, 0.15) is 0 Å². The molecule has 0 saturated heterocycles. The number of rotatable bonds is 2. The van der Waals surface area contributed by atoms with E-state index < -0.39 is 0 Å². The van der Waals surface area contributed by atoms with Gasteiger partial charge in [-0.25, -0.2) is 0 Å². The smallest absolute Gasteiger partial charge is 0.255 e. The molecule has 3 N–H and O–H groups in total. The summed E-state index contributed by atoms with van der Waals surface area (Å²) in [5.74, 6) is -0.146. The number of aryl methyl sites for hydroxylation is 2. The summed E-state index contributed by atoms with van der Waals surface area (Å²) >= 11 is 3.43. The number of nitrogen functional groups attached to an aromatic ring is 1. The molecule has 0 heterocycles. The van der Waals surface area contributed by atoms with Gasteiger partial charge in [0.05, 0.1) is 5.69 Å². The molecule has 98 valence electrons. The van der Waals surface area contributed by atoms with E-state index in [1.54, 1.807) is 12.1 Å². The summed E-state index contributed by atoms with van der Waals surface area (Å²) in [6.07, 6.45) is 0. The molecule has 2 rings (SSSR count). The van der Waals surface area contributed by atoms with E-state index in [1.807, 2.05) is 38.1 Å². The van der Waals surface area contributed by atoms with Crippen molar-refractivity contribution in [1.82, 2.24) is 0 Å². The number of nitrogens with two attached hydrogens (primary N) is 1. The number of hydrogen-bond donors (Lipinski definition) is 2. The van der Waals surface area contributed by atoms with E-state index in [0.29, 0.717) is 16.9 Å². The summed E-state index contributed by atoms with van der Waals surface area (Å²) in [5, 5.41) is 2.86. The summed E-state index contributed by atoms with van der Waals surface area (Å²) in [4.78, 5) is 12.1. The monoisotopic (exact) mass is 318 g/mol. The highest BCUT2D eigenvalue weighted by atomic mass is 79.9. The third-order valence-electron chi connectivity index (χ3n) is 2.88. The van der Waals surface area contributed by atoms with E-state index in [9.17, 15) is 4.79 Å². The van der Waals surface area contributed by atoms with Crippen LogP contribution in [0.2, 0.25) is 0 Å². The lowest BCUT2D eigenvalue weighted by atomic mass is 10.1. The Morgan fingerprint density at radius 1 is 1.21 bits per heavy atom. The molecule has 0 aliphatic heterocycles. The predicted octanol–water partition coefficient (Wildman–Crippen LogP) is 3.90. The van der Waals surface area contributed by atoms with Crippen molar-refractivity contribution >= 4 is 33.2 Å². The summed E-state index contributed by atoms with van der Waals surface area (Å²) in [7, 11) is 0. The highest BCUT2D eigenvalue weighted by Gasteiger charge is 2.09. The normalized spacial score (nSPS) is 10.3. The van der Waals surface area contributed by atoms with Gasteiger partial charge in [0.25, 0.3) is 5.91 Å². The van der Waals surface area contributed by atoms with E-state index in [2.05, 4.69) is 21.2 Å². The highest BCUT2D eigenvalue weighted by Crippen LogP contribution is 2.28. The SMILES string of the molecule is Cc1cccc(C(=O)Nc2cc(N)c(C)cc2Br)c1. The summed E-state index contributed by atoms with van der Waals surface area (Å²) < 4.78 is 0.820. The van der Waals surface area contributed by atoms with Crippen molar-refractivity contribution in [1.29, 1.82) is 0 Å². The number of anilines is 2. The van der Waals surface area contributed by atoms with Crippen LogP contribution in [-0.4, -0.2) is 5.91 Å². The number of halogens is 1. The van der Waals surface area contributed by atoms with Crippen molar-refractivity contribution in [2.24, 2.45) is 0 Å². The molecule has 3 nitrogen and oxygen atoms in total. The molecule has 0 aliphatic carbocycles. The van der Waals surface area contributed by atoms with Crippen LogP contribution in [0, 0.1) is 13.8 Å². The number of benzene rings is 2. The van der Waals surface area contributed by atoms with Gasteiger partial charge in [-0.1, -0.05) is 17.7 Å². The Bertz CT molecular complexity index is 638. The fraction of sp³-hybridized carbons (Fsp3) is 0.133. The molecule has 0 unspecified atom stereocenters. The summed E-state index contributed by atoms with van der Waals surface area (Å²) in [5.41, 5.74) is 9.84. The van der Waals surface area contributed by atoms with Crippen LogP contribution in [-0.2, 0) is 0 Å². The summed E-state index contributed by atoms with van der Waals surface area (Å²) in [6, 6.07) is 11.1. The second-order valence-electron chi connectivity index (χ2n) is 4.51. The van der Waals surface area contributed by atoms with E-state index in [4.69, 9.17) is 5.73 Å². The Kier molecular flexibility index (Phi) is 3.90. The first-order chi connectivity index (χ1) is 8.97. The Balaban J connectivity index is 2.27.